The number of aromatic nitrogens is 2. The largest absolute Gasteiger partial charge is 0.355 e. The predicted molar refractivity (Wildman–Crippen MR) is 74.7 cm³/mol. The first-order chi connectivity index (χ1) is 8.90. The summed E-state index contributed by atoms with van der Waals surface area (Å²) in [5, 5.41) is 3.27. The molecular formula is C14H24N4. The number of hydrogen-bond donors (Lipinski definition) is 1. The Bertz CT molecular complexity index is 328. The van der Waals surface area contributed by atoms with E-state index < -0.39 is 0 Å². The molecule has 18 heavy (non-hydrogen) atoms. The average Bonchev–Trinajstić information content (AvgIpc) is 2.37. The van der Waals surface area contributed by atoms with E-state index >= 15 is 0 Å². The third kappa shape index (κ3) is 3.95. The second-order valence-electron chi connectivity index (χ2n) is 4.90. The average molecular weight is 248 g/mol. The Hall–Kier alpha value is -1.16. The fourth-order valence-electron chi connectivity index (χ4n) is 2.33. The monoisotopic (exact) mass is 248 g/mol. The molecule has 0 aliphatic carbocycles. The lowest BCUT2D eigenvalue weighted by Crippen LogP contribution is -2.28. The molecule has 0 saturated carbocycles. The van der Waals surface area contributed by atoms with Gasteiger partial charge in [-0.2, -0.15) is 0 Å². The zero-order chi connectivity index (χ0) is 12.6. The lowest BCUT2D eigenvalue weighted by atomic mass is 10.1. The molecular weight excluding hydrogens is 224 g/mol. The summed E-state index contributed by atoms with van der Waals surface area (Å²) in [6.07, 6.45) is 10.5. The lowest BCUT2D eigenvalue weighted by Gasteiger charge is -2.25. The highest BCUT2D eigenvalue weighted by Gasteiger charge is 2.10. The molecule has 1 N–H and O–H groups in total. The zero-order valence-corrected chi connectivity index (χ0v) is 11.4. The maximum Gasteiger partial charge on any atom is 0.147 e. The van der Waals surface area contributed by atoms with E-state index in [0.29, 0.717) is 0 Å². The molecule has 0 radical (unpaired) electrons. The van der Waals surface area contributed by atoms with E-state index in [1.165, 1.54) is 32.1 Å². The van der Waals surface area contributed by atoms with Gasteiger partial charge in [-0.25, -0.2) is 4.98 Å². The van der Waals surface area contributed by atoms with Crippen LogP contribution in [0.4, 0.5) is 5.82 Å². The van der Waals surface area contributed by atoms with Gasteiger partial charge in [0.1, 0.15) is 5.82 Å². The molecule has 0 unspecified atom stereocenters. The van der Waals surface area contributed by atoms with Gasteiger partial charge in [0, 0.05) is 19.6 Å². The van der Waals surface area contributed by atoms with E-state index in [0.717, 1.165) is 37.7 Å². The first-order valence-corrected chi connectivity index (χ1v) is 7.16. The summed E-state index contributed by atoms with van der Waals surface area (Å²) in [7, 11) is 0. The third-order valence-electron chi connectivity index (χ3n) is 3.43. The van der Waals surface area contributed by atoms with Crippen molar-refractivity contribution in [3.8, 4) is 0 Å². The van der Waals surface area contributed by atoms with Crippen molar-refractivity contribution in [3.05, 3.63) is 18.1 Å². The molecule has 0 spiro atoms. The molecule has 1 aromatic heterocycles. The molecule has 1 fully saturated rings. The molecule has 0 amide bonds. The quantitative estimate of drug-likeness (QED) is 0.888. The number of rotatable bonds is 4. The van der Waals surface area contributed by atoms with Gasteiger partial charge in [-0.05, 0) is 19.4 Å². The Kier molecular flexibility index (Phi) is 5.39. The van der Waals surface area contributed by atoms with Gasteiger partial charge in [-0.3, -0.25) is 4.98 Å². The van der Waals surface area contributed by atoms with Gasteiger partial charge in [0.25, 0.3) is 0 Å². The van der Waals surface area contributed by atoms with Gasteiger partial charge in [-0.15, -0.1) is 0 Å². The number of anilines is 1. The van der Waals surface area contributed by atoms with Crippen LogP contribution in [0.5, 0.6) is 0 Å². The first-order valence-electron chi connectivity index (χ1n) is 7.16. The maximum atomic E-state index is 4.55. The molecule has 1 aliphatic heterocycles. The Morgan fingerprint density at radius 1 is 1.06 bits per heavy atom. The minimum Gasteiger partial charge on any atom is -0.355 e. The highest BCUT2D eigenvalue weighted by molar-refractivity contribution is 5.35. The zero-order valence-electron chi connectivity index (χ0n) is 11.4. The van der Waals surface area contributed by atoms with Crippen molar-refractivity contribution in [1.29, 1.82) is 0 Å². The van der Waals surface area contributed by atoms with Crippen LogP contribution in [0.15, 0.2) is 12.4 Å². The van der Waals surface area contributed by atoms with Gasteiger partial charge in [0.05, 0.1) is 18.1 Å². The summed E-state index contributed by atoms with van der Waals surface area (Å²) in [5.41, 5.74) is 1.02. The molecule has 2 rings (SSSR count). The number of nitrogens with zero attached hydrogens (tertiary/aromatic N) is 3. The lowest BCUT2D eigenvalue weighted by molar-refractivity contribution is 0.553. The predicted octanol–water partition coefficient (Wildman–Crippen LogP) is 2.36. The van der Waals surface area contributed by atoms with Crippen LogP contribution in [-0.4, -0.2) is 29.6 Å². The molecule has 1 saturated heterocycles. The second-order valence-corrected chi connectivity index (χ2v) is 4.90. The minimum absolute atomic E-state index is 0.809. The van der Waals surface area contributed by atoms with E-state index in [4.69, 9.17) is 0 Å². The molecule has 4 heteroatoms. The molecule has 2 heterocycles. The van der Waals surface area contributed by atoms with Crippen molar-refractivity contribution >= 4 is 5.82 Å². The van der Waals surface area contributed by atoms with Crippen molar-refractivity contribution in [1.82, 2.24) is 15.3 Å². The molecule has 4 nitrogen and oxygen atoms in total. The Balaban J connectivity index is 1.94. The van der Waals surface area contributed by atoms with Crippen LogP contribution < -0.4 is 10.2 Å². The minimum atomic E-state index is 0.809. The Morgan fingerprint density at radius 2 is 1.78 bits per heavy atom. The Labute approximate surface area is 110 Å². The van der Waals surface area contributed by atoms with Crippen molar-refractivity contribution < 1.29 is 0 Å². The standard InChI is InChI=1S/C14H24N4/c1-2-15-10-13-11-17-14(12-16-13)18-8-6-4-3-5-7-9-18/h11-12,15H,2-10H2,1H3. The van der Waals surface area contributed by atoms with Gasteiger partial charge in [-0.1, -0.05) is 26.2 Å². The SMILES string of the molecule is CCNCc1cnc(N2CCCCCCC2)cn1. The topological polar surface area (TPSA) is 41.1 Å². The number of hydrogen-bond acceptors (Lipinski definition) is 4. The highest BCUT2D eigenvalue weighted by Crippen LogP contribution is 2.16. The molecule has 1 aliphatic rings. The summed E-state index contributed by atoms with van der Waals surface area (Å²) in [6.45, 7) is 6.13. The van der Waals surface area contributed by atoms with Crippen LogP contribution >= 0.6 is 0 Å². The van der Waals surface area contributed by atoms with E-state index in [1.807, 2.05) is 12.4 Å². The number of nitrogens with one attached hydrogen (secondary N) is 1. The smallest absolute Gasteiger partial charge is 0.147 e. The molecule has 0 aromatic carbocycles. The van der Waals surface area contributed by atoms with Gasteiger partial charge < -0.3 is 10.2 Å². The maximum absolute atomic E-state index is 4.55. The van der Waals surface area contributed by atoms with Gasteiger partial charge in [0.2, 0.25) is 0 Å². The normalized spacial score (nSPS) is 17.3. The second kappa shape index (κ2) is 7.31. The van der Waals surface area contributed by atoms with E-state index in [2.05, 4.69) is 27.1 Å². The van der Waals surface area contributed by atoms with Crippen molar-refractivity contribution in [2.75, 3.05) is 24.5 Å². The fraction of sp³-hybridized carbons (Fsp3) is 0.714. The van der Waals surface area contributed by atoms with Crippen LogP contribution in [0.1, 0.15) is 44.7 Å². The van der Waals surface area contributed by atoms with Crippen LogP contribution in [0.25, 0.3) is 0 Å². The Morgan fingerprint density at radius 3 is 2.39 bits per heavy atom. The molecule has 1 aromatic rings. The fourth-order valence-corrected chi connectivity index (χ4v) is 2.33. The first kappa shape index (κ1) is 13.3. The van der Waals surface area contributed by atoms with E-state index in [1.54, 1.807) is 0 Å². The van der Waals surface area contributed by atoms with E-state index in [9.17, 15) is 0 Å². The van der Waals surface area contributed by atoms with Crippen molar-refractivity contribution in [2.24, 2.45) is 0 Å². The summed E-state index contributed by atoms with van der Waals surface area (Å²) in [5.74, 6) is 1.04. The summed E-state index contributed by atoms with van der Waals surface area (Å²) in [6, 6.07) is 0. The van der Waals surface area contributed by atoms with Gasteiger partial charge >= 0.3 is 0 Å². The third-order valence-corrected chi connectivity index (χ3v) is 3.43. The van der Waals surface area contributed by atoms with Crippen LogP contribution in [0.3, 0.4) is 0 Å². The molecule has 100 valence electrons. The summed E-state index contributed by atoms with van der Waals surface area (Å²) >= 11 is 0. The summed E-state index contributed by atoms with van der Waals surface area (Å²) in [4.78, 5) is 11.4. The van der Waals surface area contributed by atoms with Crippen LogP contribution in [0, 0.1) is 0 Å². The van der Waals surface area contributed by atoms with Crippen LogP contribution in [-0.2, 0) is 6.54 Å². The molecule has 0 atom stereocenters. The molecule has 0 bridgehead atoms. The van der Waals surface area contributed by atoms with Crippen molar-refractivity contribution in [3.63, 3.8) is 0 Å². The highest BCUT2D eigenvalue weighted by atomic mass is 15.2. The van der Waals surface area contributed by atoms with E-state index in [-0.39, 0.29) is 0 Å². The van der Waals surface area contributed by atoms with Crippen molar-refractivity contribution in [2.45, 2.75) is 45.6 Å². The van der Waals surface area contributed by atoms with Gasteiger partial charge in [0.15, 0.2) is 0 Å². The van der Waals surface area contributed by atoms with Crippen LogP contribution in [0.2, 0.25) is 0 Å². The summed E-state index contributed by atoms with van der Waals surface area (Å²) < 4.78 is 0.